The number of unbranched alkanes of at least 4 members (excludes halogenated alkanes) is 1. The molecule has 1 aromatic rings. The highest BCUT2D eigenvalue weighted by atomic mass is 16.5. The first-order chi connectivity index (χ1) is 8.80. The van der Waals surface area contributed by atoms with Gasteiger partial charge in [0.1, 0.15) is 11.5 Å². The minimum absolute atomic E-state index is 0.677. The second-order valence-electron chi connectivity index (χ2n) is 4.63. The Morgan fingerprint density at radius 1 is 0.944 bits per heavy atom. The normalized spacial score (nSPS) is 12.2. The summed E-state index contributed by atoms with van der Waals surface area (Å²) in [6.45, 7) is 7.99. The largest absolute Gasteiger partial charge is 0.494 e. The number of benzene rings is 1. The minimum Gasteiger partial charge on any atom is -0.494 e. The van der Waals surface area contributed by atoms with E-state index >= 15 is 0 Å². The third-order valence-electron chi connectivity index (χ3n) is 3.16. The van der Waals surface area contributed by atoms with Crippen LogP contribution in [-0.4, -0.2) is 13.2 Å². The zero-order valence-corrected chi connectivity index (χ0v) is 11.9. The van der Waals surface area contributed by atoms with Gasteiger partial charge in [-0.25, -0.2) is 0 Å². The van der Waals surface area contributed by atoms with Crippen LogP contribution in [0.15, 0.2) is 24.3 Å². The Balaban J connectivity index is 2.37. The van der Waals surface area contributed by atoms with E-state index in [1.165, 1.54) is 25.7 Å². The first kappa shape index (κ1) is 14.9. The Morgan fingerprint density at radius 2 is 1.56 bits per heavy atom. The standard InChI is InChI=1S/C16H26O2/c1-4-7-8-14(5-2)13-18-16-11-9-15(10-12-16)17-6-3/h9-12,14H,4-8,13H2,1-3H3. The molecule has 0 aliphatic heterocycles. The summed E-state index contributed by atoms with van der Waals surface area (Å²) in [6, 6.07) is 7.90. The van der Waals surface area contributed by atoms with Crippen LogP contribution in [0.3, 0.4) is 0 Å². The average Bonchev–Trinajstić information content (AvgIpc) is 2.41. The summed E-state index contributed by atoms with van der Waals surface area (Å²) in [5, 5.41) is 0. The van der Waals surface area contributed by atoms with Crippen molar-refractivity contribution in [2.24, 2.45) is 5.92 Å². The molecule has 0 heterocycles. The lowest BCUT2D eigenvalue weighted by atomic mass is 10.0. The van der Waals surface area contributed by atoms with E-state index in [1.54, 1.807) is 0 Å². The highest BCUT2D eigenvalue weighted by molar-refractivity contribution is 5.31. The molecule has 1 unspecified atom stereocenters. The van der Waals surface area contributed by atoms with Crippen LogP contribution in [0.4, 0.5) is 0 Å². The van der Waals surface area contributed by atoms with Crippen LogP contribution in [0.2, 0.25) is 0 Å². The summed E-state index contributed by atoms with van der Waals surface area (Å²) in [4.78, 5) is 0. The fourth-order valence-corrected chi connectivity index (χ4v) is 1.91. The van der Waals surface area contributed by atoms with Gasteiger partial charge in [0, 0.05) is 0 Å². The van der Waals surface area contributed by atoms with E-state index in [1.807, 2.05) is 31.2 Å². The molecule has 1 aromatic carbocycles. The molecule has 0 bridgehead atoms. The topological polar surface area (TPSA) is 18.5 Å². The molecule has 0 aliphatic carbocycles. The van der Waals surface area contributed by atoms with E-state index in [4.69, 9.17) is 9.47 Å². The molecule has 0 N–H and O–H groups in total. The van der Waals surface area contributed by atoms with E-state index in [2.05, 4.69) is 13.8 Å². The molecule has 2 heteroatoms. The molecular weight excluding hydrogens is 224 g/mol. The Morgan fingerprint density at radius 3 is 2.06 bits per heavy atom. The molecule has 0 saturated heterocycles. The van der Waals surface area contributed by atoms with E-state index in [0.29, 0.717) is 12.5 Å². The Kier molecular flexibility index (Phi) is 7.31. The summed E-state index contributed by atoms with van der Waals surface area (Å²) in [5.41, 5.74) is 0. The molecule has 0 amide bonds. The predicted octanol–water partition coefficient (Wildman–Crippen LogP) is 4.68. The van der Waals surface area contributed by atoms with Gasteiger partial charge < -0.3 is 9.47 Å². The average molecular weight is 250 g/mol. The summed E-state index contributed by atoms with van der Waals surface area (Å²) in [7, 11) is 0. The van der Waals surface area contributed by atoms with Gasteiger partial charge in [-0.15, -0.1) is 0 Å². The van der Waals surface area contributed by atoms with Gasteiger partial charge in [0.25, 0.3) is 0 Å². The van der Waals surface area contributed by atoms with E-state index in [0.717, 1.165) is 18.1 Å². The smallest absolute Gasteiger partial charge is 0.119 e. The fraction of sp³-hybridized carbons (Fsp3) is 0.625. The first-order valence-electron chi connectivity index (χ1n) is 7.15. The van der Waals surface area contributed by atoms with Gasteiger partial charge in [-0.3, -0.25) is 0 Å². The maximum Gasteiger partial charge on any atom is 0.119 e. The highest BCUT2D eigenvalue weighted by Gasteiger charge is 2.06. The molecule has 0 spiro atoms. The first-order valence-corrected chi connectivity index (χ1v) is 7.15. The molecule has 102 valence electrons. The summed E-state index contributed by atoms with van der Waals surface area (Å²) >= 11 is 0. The number of ether oxygens (including phenoxy) is 2. The van der Waals surface area contributed by atoms with Crippen molar-refractivity contribution in [2.45, 2.75) is 46.5 Å². The predicted molar refractivity (Wildman–Crippen MR) is 76.4 cm³/mol. The Hall–Kier alpha value is -1.18. The number of hydrogen-bond acceptors (Lipinski definition) is 2. The zero-order chi connectivity index (χ0) is 13.2. The monoisotopic (exact) mass is 250 g/mol. The second kappa shape index (κ2) is 8.84. The third-order valence-corrected chi connectivity index (χ3v) is 3.16. The Bertz CT molecular complexity index is 305. The molecule has 0 aromatic heterocycles. The van der Waals surface area contributed by atoms with Crippen LogP contribution < -0.4 is 9.47 Å². The van der Waals surface area contributed by atoms with Gasteiger partial charge in [0.15, 0.2) is 0 Å². The molecule has 0 radical (unpaired) electrons. The summed E-state index contributed by atoms with van der Waals surface area (Å²) < 4.78 is 11.2. The van der Waals surface area contributed by atoms with Crippen molar-refractivity contribution < 1.29 is 9.47 Å². The van der Waals surface area contributed by atoms with Crippen LogP contribution in [0.25, 0.3) is 0 Å². The number of hydrogen-bond donors (Lipinski definition) is 0. The minimum atomic E-state index is 0.677. The lowest BCUT2D eigenvalue weighted by Gasteiger charge is -2.15. The second-order valence-corrected chi connectivity index (χ2v) is 4.63. The fourth-order valence-electron chi connectivity index (χ4n) is 1.91. The highest BCUT2D eigenvalue weighted by Crippen LogP contribution is 2.20. The molecule has 18 heavy (non-hydrogen) atoms. The van der Waals surface area contributed by atoms with E-state index in [-0.39, 0.29) is 0 Å². The van der Waals surface area contributed by atoms with Crippen molar-refractivity contribution in [1.82, 2.24) is 0 Å². The van der Waals surface area contributed by atoms with Gasteiger partial charge in [-0.1, -0.05) is 33.1 Å². The van der Waals surface area contributed by atoms with Crippen molar-refractivity contribution >= 4 is 0 Å². The molecule has 0 aliphatic rings. The molecule has 2 nitrogen and oxygen atoms in total. The molecule has 0 saturated carbocycles. The van der Waals surface area contributed by atoms with Crippen molar-refractivity contribution in [3.05, 3.63) is 24.3 Å². The van der Waals surface area contributed by atoms with Crippen molar-refractivity contribution in [1.29, 1.82) is 0 Å². The van der Waals surface area contributed by atoms with Gasteiger partial charge in [-0.2, -0.15) is 0 Å². The van der Waals surface area contributed by atoms with Gasteiger partial charge >= 0.3 is 0 Å². The van der Waals surface area contributed by atoms with E-state index < -0.39 is 0 Å². The molecule has 1 rings (SSSR count). The van der Waals surface area contributed by atoms with Crippen LogP contribution in [0, 0.1) is 5.92 Å². The molecule has 0 fully saturated rings. The lowest BCUT2D eigenvalue weighted by Crippen LogP contribution is -2.11. The number of rotatable bonds is 9. The van der Waals surface area contributed by atoms with Crippen molar-refractivity contribution in [3.8, 4) is 11.5 Å². The maximum atomic E-state index is 5.83. The SMILES string of the molecule is CCCCC(CC)COc1ccc(OCC)cc1. The quantitative estimate of drug-likeness (QED) is 0.633. The van der Waals surface area contributed by atoms with Gasteiger partial charge in [0.2, 0.25) is 0 Å². The van der Waals surface area contributed by atoms with Gasteiger partial charge in [0.05, 0.1) is 13.2 Å². The van der Waals surface area contributed by atoms with Crippen LogP contribution in [0.5, 0.6) is 11.5 Å². The Labute approximate surface area is 111 Å². The zero-order valence-electron chi connectivity index (χ0n) is 11.9. The van der Waals surface area contributed by atoms with Crippen molar-refractivity contribution in [2.75, 3.05) is 13.2 Å². The maximum absolute atomic E-state index is 5.83. The van der Waals surface area contributed by atoms with Crippen LogP contribution >= 0.6 is 0 Å². The van der Waals surface area contributed by atoms with Crippen molar-refractivity contribution in [3.63, 3.8) is 0 Å². The molecule has 1 atom stereocenters. The van der Waals surface area contributed by atoms with Crippen LogP contribution in [0.1, 0.15) is 46.5 Å². The van der Waals surface area contributed by atoms with E-state index in [9.17, 15) is 0 Å². The van der Waals surface area contributed by atoms with Gasteiger partial charge in [-0.05, 0) is 43.5 Å². The lowest BCUT2D eigenvalue weighted by molar-refractivity contribution is 0.233. The van der Waals surface area contributed by atoms with Crippen LogP contribution in [-0.2, 0) is 0 Å². The summed E-state index contributed by atoms with van der Waals surface area (Å²) in [6.07, 6.45) is 5.02. The third kappa shape index (κ3) is 5.44. The summed E-state index contributed by atoms with van der Waals surface area (Å²) in [5.74, 6) is 2.52. The molecular formula is C16H26O2.